The fraction of sp³-hybridized carbons (Fsp3) is 0.235. The van der Waals surface area contributed by atoms with E-state index in [0.717, 1.165) is 28.3 Å². The molecule has 0 bridgehead atoms. The van der Waals surface area contributed by atoms with Crippen LogP contribution in [-0.2, 0) is 6.42 Å². The third-order valence-corrected chi connectivity index (χ3v) is 4.71. The van der Waals surface area contributed by atoms with Crippen molar-refractivity contribution >= 4 is 33.2 Å². The third-order valence-electron chi connectivity index (χ3n) is 3.24. The molecular formula is C17H16ClNOS. The Morgan fingerprint density at radius 1 is 1.14 bits per heavy atom. The number of rotatable bonds is 5. The van der Waals surface area contributed by atoms with Gasteiger partial charge in [-0.05, 0) is 36.8 Å². The maximum atomic E-state index is 6.52. The van der Waals surface area contributed by atoms with Crippen molar-refractivity contribution in [1.29, 1.82) is 0 Å². The van der Waals surface area contributed by atoms with Gasteiger partial charge in [-0.1, -0.05) is 24.3 Å². The maximum absolute atomic E-state index is 6.52. The molecule has 0 fully saturated rings. The SMILES string of the molecule is CCOc1ccc(C(Cl)Cc2nc3ccccc3s2)cc1. The smallest absolute Gasteiger partial charge is 0.119 e. The second-order valence-electron chi connectivity index (χ2n) is 4.75. The largest absolute Gasteiger partial charge is 0.494 e. The highest BCUT2D eigenvalue weighted by Crippen LogP contribution is 2.30. The zero-order valence-corrected chi connectivity index (χ0v) is 13.3. The molecule has 0 spiro atoms. The van der Waals surface area contributed by atoms with E-state index in [1.54, 1.807) is 11.3 Å². The lowest BCUT2D eigenvalue weighted by Crippen LogP contribution is -1.96. The fourth-order valence-electron chi connectivity index (χ4n) is 2.22. The molecule has 1 atom stereocenters. The number of benzene rings is 2. The highest BCUT2D eigenvalue weighted by atomic mass is 35.5. The number of hydrogen-bond donors (Lipinski definition) is 0. The van der Waals surface area contributed by atoms with Gasteiger partial charge in [0.15, 0.2) is 0 Å². The number of hydrogen-bond acceptors (Lipinski definition) is 3. The number of nitrogens with zero attached hydrogens (tertiary/aromatic N) is 1. The zero-order chi connectivity index (χ0) is 14.7. The van der Waals surface area contributed by atoms with E-state index in [0.29, 0.717) is 6.61 Å². The highest BCUT2D eigenvalue weighted by Gasteiger charge is 2.12. The summed E-state index contributed by atoms with van der Waals surface area (Å²) in [5.41, 5.74) is 2.15. The Kier molecular flexibility index (Phi) is 4.42. The molecule has 2 nitrogen and oxygen atoms in total. The van der Waals surface area contributed by atoms with Gasteiger partial charge in [0.1, 0.15) is 5.75 Å². The molecule has 0 aliphatic heterocycles. The minimum Gasteiger partial charge on any atom is -0.494 e. The summed E-state index contributed by atoms with van der Waals surface area (Å²) >= 11 is 8.23. The maximum Gasteiger partial charge on any atom is 0.119 e. The number of aromatic nitrogens is 1. The number of para-hydroxylation sites is 1. The zero-order valence-electron chi connectivity index (χ0n) is 11.8. The van der Waals surface area contributed by atoms with Crippen molar-refractivity contribution in [3.63, 3.8) is 0 Å². The van der Waals surface area contributed by atoms with Crippen molar-refractivity contribution in [2.45, 2.75) is 18.7 Å². The van der Waals surface area contributed by atoms with Crippen LogP contribution in [-0.4, -0.2) is 11.6 Å². The minimum absolute atomic E-state index is 0.0683. The Morgan fingerprint density at radius 3 is 2.62 bits per heavy atom. The summed E-state index contributed by atoms with van der Waals surface area (Å²) < 4.78 is 6.66. The van der Waals surface area contributed by atoms with Crippen LogP contribution < -0.4 is 4.74 Å². The molecule has 0 N–H and O–H groups in total. The van der Waals surface area contributed by atoms with E-state index in [1.165, 1.54) is 4.70 Å². The predicted molar refractivity (Wildman–Crippen MR) is 89.5 cm³/mol. The van der Waals surface area contributed by atoms with Crippen LogP contribution in [0.3, 0.4) is 0 Å². The van der Waals surface area contributed by atoms with Crippen LogP contribution in [0.2, 0.25) is 0 Å². The first-order valence-electron chi connectivity index (χ1n) is 6.97. The van der Waals surface area contributed by atoms with Gasteiger partial charge < -0.3 is 4.74 Å². The lowest BCUT2D eigenvalue weighted by Gasteiger charge is -2.09. The molecule has 0 aliphatic rings. The molecule has 21 heavy (non-hydrogen) atoms. The number of fused-ring (bicyclic) bond motifs is 1. The van der Waals surface area contributed by atoms with Crippen molar-refractivity contribution in [2.24, 2.45) is 0 Å². The van der Waals surface area contributed by atoms with Gasteiger partial charge >= 0.3 is 0 Å². The Labute approximate surface area is 133 Å². The average Bonchev–Trinajstić information content (AvgIpc) is 2.90. The van der Waals surface area contributed by atoms with Crippen molar-refractivity contribution in [3.8, 4) is 5.75 Å². The molecular weight excluding hydrogens is 302 g/mol. The first-order chi connectivity index (χ1) is 10.3. The van der Waals surface area contributed by atoms with Gasteiger partial charge in [-0.15, -0.1) is 22.9 Å². The molecule has 3 rings (SSSR count). The van der Waals surface area contributed by atoms with Crippen molar-refractivity contribution in [2.75, 3.05) is 6.61 Å². The minimum atomic E-state index is -0.0683. The van der Waals surface area contributed by atoms with Crippen LogP contribution in [0.5, 0.6) is 5.75 Å². The molecule has 1 unspecified atom stereocenters. The second-order valence-corrected chi connectivity index (χ2v) is 6.39. The van der Waals surface area contributed by atoms with E-state index in [1.807, 2.05) is 49.4 Å². The molecule has 3 aromatic rings. The number of ether oxygens (including phenoxy) is 1. The van der Waals surface area contributed by atoms with Gasteiger partial charge in [-0.2, -0.15) is 0 Å². The van der Waals surface area contributed by atoms with E-state index in [-0.39, 0.29) is 5.38 Å². The van der Waals surface area contributed by atoms with Gasteiger partial charge in [0.25, 0.3) is 0 Å². The molecule has 4 heteroatoms. The Hall–Kier alpha value is -1.58. The van der Waals surface area contributed by atoms with Crippen LogP contribution in [0.25, 0.3) is 10.2 Å². The van der Waals surface area contributed by atoms with Gasteiger partial charge in [0, 0.05) is 6.42 Å². The summed E-state index contributed by atoms with van der Waals surface area (Å²) in [6, 6.07) is 16.2. The van der Waals surface area contributed by atoms with Crippen LogP contribution in [0.4, 0.5) is 0 Å². The molecule has 0 saturated carbocycles. The predicted octanol–water partition coefficient (Wildman–Crippen LogP) is 5.22. The topological polar surface area (TPSA) is 22.1 Å². The Balaban J connectivity index is 1.74. The summed E-state index contributed by atoms with van der Waals surface area (Å²) in [6.45, 7) is 2.65. The fourth-order valence-corrected chi connectivity index (χ4v) is 3.61. The van der Waals surface area contributed by atoms with Crippen molar-refractivity contribution in [1.82, 2.24) is 4.98 Å². The molecule has 108 valence electrons. The first-order valence-corrected chi connectivity index (χ1v) is 8.23. The van der Waals surface area contributed by atoms with E-state index in [2.05, 4.69) is 11.1 Å². The number of thiazole rings is 1. The monoisotopic (exact) mass is 317 g/mol. The average molecular weight is 318 g/mol. The summed E-state index contributed by atoms with van der Waals surface area (Å²) in [5, 5.41) is 1.01. The summed E-state index contributed by atoms with van der Waals surface area (Å²) in [5.74, 6) is 0.880. The van der Waals surface area contributed by atoms with E-state index in [9.17, 15) is 0 Å². The number of alkyl halides is 1. The molecule has 2 aromatic carbocycles. The van der Waals surface area contributed by atoms with Crippen molar-refractivity contribution < 1.29 is 4.74 Å². The third kappa shape index (κ3) is 3.36. The summed E-state index contributed by atoms with van der Waals surface area (Å²) in [6.07, 6.45) is 0.745. The summed E-state index contributed by atoms with van der Waals surface area (Å²) in [4.78, 5) is 4.63. The lowest BCUT2D eigenvalue weighted by molar-refractivity contribution is 0.340. The van der Waals surface area contributed by atoms with E-state index in [4.69, 9.17) is 16.3 Å². The van der Waals surface area contributed by atoms with E-state index < -0.39 is 0 Å². The first kappa shape index (κ1) is 14.4. The van der Waals surface area contributed by atoms with Crippen LogP contribution in [0.1, 0.15) is 22.9 Å². The number of halogens is 1. The van der Waals surface area contributed by atoms with Crippen LogP contribution in [0, 0.1) is 0 Å². The van der Waals surface area contributed by atoms with Crippen LogP contribution >= 0.6 is 22.9 Å². The molecule has 1 heterocycles. The van der Waals surface area contributed by atoms with Gasteiger partial charge in [0.05, 0.1) is 27.2 Å². The normalized spacial score (nSPS) is 12.5. The summed E-state index contributed by atoms with van der Waals surface area (Å²) in [7, 11) is 0. The molecule has 0 saturated heterocycles. The molecule has 0 amide bonds. The quantitative estimate of drug-likeness (QED) is 0.602. The molecule has 0 radical (unpaired) electrons. The van der Waals surface area contributed by atoms with Gasteiger partial charge in [-0.25, -0.2) is 4.98 Å². The van der Waals surface area contributed by atoms with Gasteiger partial charge in [-0.3, -0.25) is 0 Å². The Bertz CT molecular complexity index is 690. The van der Waals surface area contributed by atoms with Crippen LogP contribution in [0.15, 0.2) is 48.5 Å². The standard InChI is InChI=1S/C17H16ClNOS/c1-2-20-13-9-7-12(8-10-13)14(18)11-17-19-15-5-3-4-6-16(15)21-17/h3-10,14H,2,11H2,1H3. The molecule has 1 aromatic heterocycles. The second kappa shape index (κ2) is 6.46. The van der Waals surface area contributed by atoms with E-state index >= 15 is 0 Å². The Morgan fingerprint density at radius 2 is 1.90 bits per heavy atom. The lowest BCUT2D eigenvalue weighted by atomic mass is 10.1. The molecule has 0 aliphatic carbocycles. The van der Waals surface area contributed by atoms with Crippen molar-refractivity contribution in [3.05, 3.63) is 59.1 Å². The highest BCUT2D eigenvalue weighted by molar-refractivity contribution is 7.18. The van der Waals surface area contributed by atoms with Gasteiger partial charge in [0.2, 0.25) is 0 Å².